The van der Waals surface area contributed by atoms with Crippen molar-refractivity contribution in [2.75, 3.05) is 5.73 Å². The SMILES string of the molecule is CC(C)CC1(C(=O)c2ccc(N)c(Br)c2)CCCC1. The fraction of sp³-hybridized carbons (Fsp3) is 0.562. The number of benzene rings is 1. The molecule has 0 saturated heterocycles. The summed E-state index contributed by atoms with van der Waals surface area (Å²) in [6.07, 6.45) is 5.41. The fourth-order valence-electron chi connectivity index (χ4n) is 3.33. The first kappa shape index (κ1) is 14.6. The van der Waals surface area contributed by atoms with Gasteiger partial charge in [-0.25, -0.2) is 0 Å². The molecule has 104 valence electrons. The highest BCUT2D eigenvalue weighted by Crippen LogP contribution is 2.45. The fourth-order valence-corrected chi connectivity index (χ4v) is 3.71. The Labute approximate surface area is 123 Å². The molecule has 19 heavy (non-hydrogen) atoms. The quantitative estimate of drug-likeness (QED) is 0.637. The zero-order chi connectivity index (χ0) is 14.0. The molecular weight excluding hydrogens is 302 g/mol. The lowest BCUT2D eigenvalue weighted by molar-refractivity contribution is 0.0760. The van der Waals surface area contributed by atoms with Crippen molar-refractivity contribution in [3.8, 4) is 0 Å². The summed E-state index contributed by atoms with van der Waals surface area (Å²) < 4.78 is 0.816. The lowest BCUT2D eigenvalue weighted by atomic mass is 9.73. The summed E-state index contributed by atoms with van der Waals surface area (Å²) in [6.45, 7) is 4.40. The molecule has 0 aromatic heterocycles. The molecule has 0 spiro atoms. The Balaban J connectivity index is 2.31. The van der Waals surface area contributed by atoms with Crippen LogP contribution in [0.4, 0.5) is 5.69 Å². The van der Waals surface area contributed by atoms with E-state index in [1.165, 1.54) is 12.8 Å². The van der Waals surface area contributed by atoms with Crippen LogP contribution in [0.3, 0.4) is 0 Å². The van der Waals surface area contributed by atoms with Gasteiger partial charge in [0.1, 0.15) is 0 Å². The van der Waals surface area contributed by atoms with Crippen molar-refractivity contribution in [2.45, 2.75) is 46.0 Å². The maximum absolute atomic E-state index is 12.9. The van der Waals surface area contributed by atoms with E-state index in [-0.39, 0.29) is 5.41 Å². The van der Waals surface area contributed by atoms with Crippen LogP contribution in [-0.2, 0) is 0 Å². The van der Waals surface area contributed by atoms with Crippen molar-refractivity contribution in [2.24, 2.45) is 11.3 Å². The summed E-state index contributed by atoms with van der Waals surface area (Å²) in [4.78, 5) is 12.9. The average Bonchev–Trinajstić information content (AvgIpc) is 2.80. The van der Waals surface area contributed by atoms with Gasteiger partial charge in [-0.05, 0) is 59.3 Å². The van der Waals surface area contributed by atoms with Gasteiger partial charge in [0, 0.05) is 21.1 Å². The Kier molecular flexibility index (Phi) is 4.34. The van der Waals surface area contributed by atoms with Gasteiger partial charge < -0.3 is 5.73 Å². The Morgan fingerprint density at radius 2 is 2.00 bits per heavy atom. The van der Waals surface area contributed by atoms with Crippen LogP contribution in [0.5, 0.6) is 0 Å². The van der Waals surface area contributed by atoms with E-state index in [4.69, 9.17) is 5.73 Å². The lowest BCUT2D eigenvalue weighted by Gasteiger charge is -2.29. The molecule has 0 heterocycles. The molecule has 1 aromatic rings. The monoisotopic (exact) mass is 323 g/mol. The average molecular weight is 324 g/mol. The third kappa shape index (κ3) is 3.02. The van der Waals surface area contributed by atoms with Crippen molar-refractivity contribution < 1.29 is 4.79 Å². The van der Waals surface area contributed by atoms with Gasteiger partial charge in [0.2, 0.25) is 0 Å². The Morgan fingerprint density at radius 1 is 1.37 bits per heavy atom. The van der Waals surface area contributed by atoms with Crippen molar-refractivity contribution in [1.29, 1.82) is 0 Å². The van der Waals surface area contributed by atoms with E-state index in [2.05, 4.69) is 29.8 Å². The predicted octanol–water partition coefficient (Wildman–Crippen LogP) is 4.82. The molecule has 2 rings (SSSR count). The second-order valence-corrected chi connectivity index (χ2v) is 7.01. The number of hydrogen-bond acceptors (Lipinski definition) is 2. The maximum Gasteiger partial charge on any atom is 0.169 e. The van der Waals surface area contributed by atoms with Gasteiger partial charge in [-0.3, -0.25) is 4.79 Å². The van der Waals surface area contributed by atoms with Crippen molar-refractivity contribution in [1.82, 2.24) is 0 Å². The van der Waals surface area contributed by atoms with Gasteiger partial charge in [-0.2, -0.15) is 0 Å². The van der Waals surface area contributed by atoms with Crippen LogP contribution < -0.4 is 5.73 Å². The van der Waals surface area contributed by atoms with Crippen molar-refractivity contribution in [3.63, 3.8) is 0 Å². The smallest absolute Gasteiger partial charge is 0.169 e. The van der Waals surface area contributed by atoms with Gasteiger partial charge in [-0.15, -0.1) is 0 Å². The number of rotatable bonds is 4. The highest BCUT2D eigenvalue weighted by atomic mass is 79.9. The highest BCUT2D eigenvalue weighted by molar-refractivity contribution is 9.10. The second kappa shape index (κ2) is 5.66. The summed E-state index contributed by atoms with van der Waals surface area (Å²) in [6, 6.07) is 5.55. The normalized spacial score (nSPS) is 17.9. The summed E-state index contributed by atoms with van der Waals surface area (Å²) in [7, 11) is 0. The molecule has 0 bridgehead atoms. The van der Waals surface area contributed by atoms with Crippen molar-refractivity contribution >= 4 is 27.4 Å². The number of halogens is 1. The number of nitrogen functional groups attached to an aromatic ring is 1. The maximum atomic E-state index is 12.9. The molecule has 0 amide bonds. The molecule has 0 aliphatic heterocycles. The van der Waals surface area contributed by atoms with Crippen LogP contribution >= 0.6 is 15.9 Å². The molecule has 0 unspecified atom stereocenters. The largest absolute Gasteiger partial charge is 0.398 e. The third-order valence-corrected chi connectivity index (χ3v) is 4.79. The third-order valence-electron chi connectivity index (χ3n) is 4.10. The molecule has 3 heteroatoms. The molecule has 1 aliphatic rings. The number of Topliss-reactive ketones (excluding diaryl/α,β-unsaturated/α-hetero) is 1. The van der Waals surface area contributed by atoms with Crippen LogP contribution in [0.1, 0.15) is 56.3 Å². The van der Waals surface area contributed by atoms with Gasteiger partial charge >= 0.3 is 0 Å². The Morgan fingerprint density at radius 3 is 2.53 bits per heavy atom. The number of anilines is 1. The van der Waals surface area contributed by atoms with Crippen LogP contribution in [0, 0.1) is 11.3 Å². The van der Waals surface area contributed by atoms with Gasteiger partial charge in [0.05, 0.1) is 0 Å². The number of ketones is 1. The lowest BCUT2D eigenvalue weighted by Crippen LogP contribution is -2.30. The summed E-state index contributed by atoms with van der Waals surface area (Å²) in [5, 5.41) is 0. The molecular formula is C16H22BrNO. The number of carbonyl (C=O) groups is 1. The molecule has 1 saturated carbocycles. The van der Waals surface area contributed by atoms with Gasteiger partial charge in [0.15, 0.2) is 5.78 Å². The minimum Gasteiger partial charge on any atom is -0.398 e. The topological polar surface area (TPSA) is 43.1 Å². The summed E-state index contributed by atoms with van der Waals surface area (Å²) >= 11 is 3.41. The van der Waals surface area contributed by atoms with E-state index in [0.717, 1.165) is 29.3 Å². The molecule has 2 N–H and O–H groups in total. The molecule has 1 aliphatic carbocycles. The van der Waals surface area contributed by atoms with Crippen LogP contribution in [0.15, 0.2) is 22.7 Å². The van der Waals surface area contributed by atoms with E-state index < -0.39 is 0 Å². The van der Waals surface area contributed by atoms with Gasteiger partial charge in [-0.1, -0.05) is 26.7 Å². The summed E-state index contributed by atoms with van der Waals surface area (Å²) in [5.41, 5.74) is 7.14. The Bertz CT molecular complexity index is 476. The zero-order valence-electron chi connectivity index (χ0n) is 11.7. The standard InChI is InChI=1S/C16H22BrNO/c1-11(2)10-16(7-3-4-8-16)15(19)12-5-6-14(18)13(17)9-12/h5-6,9,11H,3-4,7-8,10,18H2,1-2H3. The van der Waals surface area contributed by atoms with E-state index in [0.29, 0.717) is 17.4 Å². The predicted molar refractivity (Wildman–Crippen MR) is 83.2 cm³/mol. The van der Waals surface area contributed by atoms with E-state index >= 15 is 0 Å². The molecule has 0 atom stereocenters. The van der Waals surface area contributed by atoms with E-state index in [1.807, 2.05) is 18.2 Å². The first-order chi connectivity index (χ1) is 8.94. The van der Waals surface area contributed by atoms with Crippen molar-refractivity contribution in [3.05, 3.63) is 28.2 Å². The first-order valence-electron chi connectivity index (χ1n) is 7.04. The zero-order valence-corrected chi connectivity index (χ0v) is 13.3. The van der Waals surface area contributed by atoms with E-state index in [9.17, 15) is 4.79 Å². The molecule has 2 nitrogen and oxygen atoms in total. The molecule has 0 radical (unpaired) electrons. The van der Waals surface area contributed by atoms with Crippen LogP contribution in [0.25, 0.3) is 0 Å². The molecule has 1 fully saturated rings. The number of carbonyl (C=O) groups excluding carboxylic acids is 1. The minimum atomic E-state index is -0.135. The first-order valence-corrected chi connectivity index (χ1v) is 7.84. The number of nitrogens with two attached hydrogens (primary N) is 1. The highest BCUT2D eigenvalue weighted by Gasteiger charge is 2.41. The Hall–Kier alpha value is -0.830. The second-order valence-electron chi connectivity index (χ2n) is 6.15. The van der Waals surface area contributed by atoms with Gasteiger partial charge in [0.25, 0.3) is 0 Å². The van der Waals surface area contributed by atoms with E-state index in [1.54, 1.807) is 0 Å². The van der Waals surface area contributed by atoms with Crippen LogP contribution in [0.2, 0.25) is 0 Å². The summed E-state index contributed by atoms with van der Waals surface area (Å²) in [5.74, 6) is 0.860. The minimum absolute atomic E-state index is 0.135. The molecule has 1 aromatic carbocycles. The van der Waals surface area contributed by atoms with Crippen LogP contribution in [-0.4, -0.2) is 5.78 Å². The number of hydrogen-bond donors (Lipinski definition) is 1.